The van der Waals surface area contributed by atoms with E-state index in [4.69, 9.17) is 14.0 Å². The van der Waals surface area contributed by atoms with E-state index in [0.717, 1.165) is 9.44 Å². The van der Waals surface area contributed by atoms with E-state index in [0.29, 0.717) is 30.2 Å². The molecule has 0 aliphatic rings. The molecule has 0 fully saturated rings. The number of ether oxygens (including phenoxy) is 2. The first-order valence-corrected chi connectivity index (χ1v) is 10.7. The minimum absolute atomic E-state index is 0.119. The molecule has 1 aromatic carbocycles. The molecule has 11 heteroatoms. The SMILES string of the molecule is CCN(CC(=O)NCc1cccs1)C(=O)Cn1c(-c2ccc(OC)c(OC)c2)noc1=O. The van der Waals surface area contributed by atoms with Crippen molar-refractivity contribution in [3.05, 3.63) is 51.1 Å². The Kier molecular flexibility index (Phi) is 7.66. The van der Waals surface area contributed by atoms with Gasteiger partial charge in [0.2, 0.25) is 11.8 Å². The van der Waals surface area contributed by atoms with Crippen molar-refractivity contribution in [2.45, 2.75) is 20.0 Å². The van der Waals surface area contributed by atoms with Gasteiger partial charge in [0.1, 0.15) is 6.54 Å². The van der Waals surface area contributed by atoms with Gasteiger partial charge in [-0.1, -0.05) is 11.2 Å². The molecule has 0 atom stereocenters. The maximum Gasteiger partial charge on any atom is 0.442 e. The van der Waals surface area contributed by atoms with Crippen LogP contribution in [-0.4, -0.2) is 53.7 Å². The summed E-state index contributed by atoms with van der Waals surface area (Å²) < 4.78 is 16.4. The molecule has 0 bridgehead atoms. The molecule has 0 spiro atoms. The van der Waals surface area contributed by atoms with Crippen molar-refractivity contribution in [1.29, 1.82) is 0 Å². The molecular weight excluding hydrogens is 436 g/mol. The van der Waals surface area contributed by atoms with Gasteiger partial charge in [-0.25, -0.2) is 9.36 Å². The Bertz CT molecular complexity index is 1120. The van der Waals surface area contributed by atoms with Crippen LogP contribution >= 0.6 is 11.3 Å². The summed E-state index contributed by atoms with van der Waals surface area (Å²) in [5.74, 6) is -0.354. The summed E-state index contributed by atoms with van der Waals surface area (Å²) in [5.41, 5.74) is 0.512. The monoisotopic (exact) mass is 460 g/mol. The number of carbonyl (C=O) groups excluding carboxylic acids is 2. The predicted octanol–water partition coefficient (Wildman–Crippen LogP) is 1.75. The number of rotatable bonds is 10. The van der Waals surface area contributed by atoms with Crippen LogP contribution in [0.1, 0.15) is 11.8 Å². The number of benzene rings is 1. The number of amides is 2. The Morgan fingerprint density at radius 1 is 1.22 bits per heavy atom. The van der Waals surface area contributed by atoms with E-state index in [9.17, 15) is 14.4 Å². The zero-order chi connectivity index (χ0) is 23.1. The third-order valence-corrected chi connectivity index (χ3v) is 5.61. The van der Waals surface area contributed by atoms with Gasteiger partial charge in [0.25, 0.3) is 0 Å². The fraction of sp³-hybridized carbons (Fsp3) is 0.333. The van der Waals surface area contributed by atoms with E-state index in [1.54, 1.807) is 25.1 Å². The number of likely N-dealkylation sites (N-methyl/N-ethyl adjacent to an activating group) is 1. The van der Waals surface area contributed by atoms with E-state index in [1.807, 2.05) is 17.5 Å². The van der Waals surface area contributed by atoms with Crippen LogP contribution < -0.4 is 20.5 Å². The van der Waals surface area contributed by atoms with Crippen LogP contribution in [0.15, 0.2) is 45.0 Å². The second-order valence-electron chi connectivity index (χ2n) is 6.69. The molecule has 0 aliphatic heterocycles. The van der Waals surface area contributed by atoms with Gasteiger partial charge in [0.15, 0.2) is 17.3 Å². The third-order valence-electron chi connectivity index (χ3n) is 4.73. The van der Waals surface area contributed by atoms with Crippen molar-refractivity contribution in [2.24, 2.45) is 0 Å². The molecule has 0 saturated carbocycles. The third kappa shape index (κ3) is 5.35. The molecule has 2 heterocycles. The molecule has 1 N–H and O–H groups in total. The highest BCUT2D eigenvalue weighted by Crippen LogP contribution is 2.31. The van der Waals surface area contributed by atoms with E-state index in [1.165, 1.54) is 30.5 Å². The molecule has 10 nitrogen and oxygen atoms in total. The molecule has 3 rings (SSSR count). The summed E-state index contributed by atoms with van der Waals surface area (Å²) >= 11 is 1.54. The van der Waals surface area contributed by atoms with Crippen LogP contribution in [0, 0.1) is 0 Å². The highest BCUT2D eigenvalue weighted by atomic mass is 32.1. The second kappa shape index (κ2) is 10.6. The van der Waals surface area contributed by atoms with E-state index in [2.05, 4.69) is 10.5 Å². The van der Waals surface area contributed by atoms with Crippen molar-refractivity contribution in [3.63, 3.8) is 0 Å². The molecule has 3 aromatic rings. The molecule has 2 amide bonds. The lowest BCUT2D eigenvalue weighted by atomic mass is 10.2. The number of hydrogen-bond donors (Lipinski definition) is 1. The summed E-state index contributed by atoms with van der Waals surface area (Å²) in [6.45, 7) is 2.02. The number of nitrogens with zero attached hydrogens (tertiary/aromatic N) is 3. The van der Waals surface area contributed by atoms with Gasteiger partial charge < -0.3 is 19.7 Å². The van der Waals surface area contributed by atoms with E-state index < -0.39 is 11.7 Å². The van der Waals surface area contributed by atoms with Crippen molar-refractivity contribution >= 4 is 23.2 Å². The van der Waals surface area contributed by atoms with Crippen LogP contribution in [0.2, 0.25) is 0 Å². The number of nitrogens with one attached hydrogen (secondary N) is 1. The normalized spacial score (nSPS) is 10.6. The zero-order valence-electron chi connectivity index (χ0n) is 18.0. The van der Waals surface area contributed by atoms with Crippen LogP contribution in [-0.2, 0) is 22.7 Å². The smallest absolute Gasteiger partial charge is 0.442 e. The van der Waals surface area contributed by atoms with Gasteiger partial charge in [0, 0.05) is 17.0 Å². The summed E-state index contributed by atoms with van der Waals surface area (Å²) in [4.78, 5) is 39.7. The van der Waals surface area contributed by atoms with Crippen LogP contribution in [0.5, 0.6) is 11.5 Å². The average molecular weight is 461 g/mol. The van der Waals surface area contributed by atoms with Crippen molar-refractivity contribution in [3.8, 4) is 22.9 Å². The number of aromatic nitrogens is 2. The first-order valence-electron chi connectivity index (χ1n) is 9.82. The van der Waals surface area contributed by atoms with Crippen molar-refractivity contribution < 1.29 is 23.6 Å². The molecule has 2 aromatic heterocycles. The first-order chi connectivity index (χ1) is 15.5. The Labute approximate surface area is 188 Å². The van der Waals surface area contributed by atoms with Gasteiger partial charge in [-0.05, 0) is 36.6 Å². The molecule has 0 saturated heterocycles. The standard InChI is InChI=1S/C21H24N4O6S/c1-4-24(12-18(26)22-11-15-6-5-9-32-15)19(27)13-25-20(23-31-21(25)28)14-7-8-16(29-2)17(10-14)30-3/h5-10H,4,11-13H2,1-3H3,(H,22,26). The summed E-state index contributed by atoms with van der Waals surface area (Å²) in [6.07, 6.45) is 0. The highest BCUT2D eigenvalue weighted by molar-refractivity contribution is 7.09. The number of hydrogen-bond acceptors (Lipinski definition) is 8. The van der Waals surface area contributed by atoms with Crippen molar-refractivity contribution in [1.82, 2.24) is 19.9 Å². The molecule has 0 unspecified atom stereocenters. The fourth-order valence-electron chi connectivity index (χ4n) is 3.03. The lowest BCUT2D eigenvalue weighted by molar-refractivity contribution is -0.136. The number of carbonyl (C=O) groups is 2. The first kappa shape index (κ1) is 23.1. The Morgan fingerprint density at radius 3 is 2.66 bits per heavy atom. The largest absolute Gasteiger partial charge is 0.493 e. The molecule has 32 heavy (non-hydrogen) atoms. The number of methoxy groups -OCH3 is 2. The molecular formula is C21H24N4O6S. The van der Waals surface area contributed by atoms with Crippen LogP contribution in [0.4, 0.5) is 0 Å². The van der Waals surface area contributed by atoms with E-state index >= 15 is 0 Å². The predicted molar refractivity (Wildman–Crippen MR) is 118 cm³/mol. The molecule has 0 radical (unpaired) electrons. The second-order valence-corrected chi connectivity index (χ2v) is 7.72. The average Bonchev–Trinajstić information content (AvgIpc) is 3.45. The van der Waals surface area contributed by atoms with Gasteiger partial charge in [-0.15, -0.1) is 11.3 Å². The highest BCUT2D eigenvalue weighted by Gasteiger charge is 2.21. The van der Waals surface area contributed by atoms with Crippen molar-refractivity contribution in [2.75, 3.05) is 27.3 Å². The number of thiophene rings is 1. The van der Waals surface area contributed by atoms with Crippen LogP contribution in [0.3, 0.4) is 0 Å². The maximum absolute atomic E-state index is 12.8. The Hall–Kier alpha value is -3.60. The van der Waals surface area contributed by atoms with Crippen LogP contribution in [0.25, 0.3) is 11.4 Å². The Morgan fingerprint density at radius 2 is 2.00 bits per heavy atom. The summed E-state index contributed by atoms with van der Waals surface area (Å²) in [5, 5.41) is 8.52. The minimum atomic E-state index is -0.777. The minimum Gasteiger partial charge on any atom is -0.493 e. The zero-order valence-corrected chi connectivity index (χ0v) is 18.8. The lowest BCUT2D eigenvalue weighted by Crippen LogP contribution is -2.42. The van der Waals surface area contributed by atoms with Gasteiger partial charge in [0.05, 0.1) is 27.3 Å². The maximum atomic E-state index is 12.8. The fourth-order valence-corrected chi connectivity index (χ4v) is 3.67. The van der Waals surface area contributed by atoms with Gasteiger partial charge in [-0.2, -0.15) is 0 Å². The van der Waals surface area contributed by atoms with Gasteiger partial charge in [-0.3, -0.25) is 14.1 Å². The summed E-state index contributed by atoms with van der Waals surface area (Å²) in [6, 6.07) is 8.79. The molecule has 0 aliphatic carbocycles. The molecule has 170 valence electrons. The topological polar surface area (TPSA) is 116 Å². The quantitative estimate of drug-likeness (QED) is 0.490. The van der Waals surface area contributed by atoms with Gasteiger partial charge >= 0.3 is 5.76 Å². The summed E-state index contributed by atoms with van der Waals surface area (Å²) in [7, 11) is 3.00. The Balaban J connectivity index is 1.72. The van der Waals surface area contributed by atoms with E-state index in [-0.39, 0.29) is 24.8 Å². The lowest BCUT2D eigenvalue weighted by Gasteiger charge is -2.20.